The molecule has 0 aromatic rings. The van der Waals surface area contributed by atoms with Gasteiger partial charge in [-0.25, -0.2) is 0 Å². The molecule has 0 saturated carbocycles. The minimum atomic E-state index is -0.0106. The number of morpholine rings is 1. The summed E-state index contributed by atoms with van der Waals surface area (Å²) in [5, 5.41) is 0. The van der Waals surface area contributed by atoms with Crippen molar-refractivity contribution < 1.29 is 9.53 Å². The fourth-order valence-corrected chi connectivity index (χ4v) is 1.81. The fraction of sp³-hybridized carbons (Fsp3) is 0.900. The Morgan fingerprint density at radius 3 is 2.62 bits per heavy atom. The van der Waals surface area contributed by atoms with Crippen LogP contribution in [0.2, 0.25) is 0 Å². The van der Waals surface area contributed by atoms with Gasteiger partial charge in [0.1, 0.15) is 5.78 Å². The molecular weight excluding hydrogens is 166 g/mol. The summed E-state index contributed by atoms with van der Waals surface area (Å²) < 4.78 is 5.39. The van der Waals surface area contributed by atoms with Gasteiger partial charge in [0.15, 0.2) is 0 Å². The van der Waals surface area contributed by atoms with E-state index in [1.165, 1.54) is 0 Å². The van der Waals surface area contributed by atoms with Gasteiger partial charge in [-0.3, -0.25) is 9.69 Å². The molecule has 1 aliphatic heterocycles. The molecule has 0 spiro atoms. The van der Waals surface area contributed by atoms with Crippen LogP contribution in [-0.4, -0.2) is 42.0 Å². The summed E-state index contributed by atoms with van der Waals surface area (Å²) in [6.45, 7) is 10.2. The minimum Gasteiger partial charge on any atom is -0.378 e. The third-order valence-electron chi connectivity index (χ3n) is 2.77. The molecule has 0 aromatic heterocycles. The molecule has 1 atom stereocenters. The van der Waals surface area contributed by atoms with Gasteiger partial charge in [-0.1, -0.05) is 0 Å². The van der Waals surface area contributed by atoms with Gasteiger partial charge >= 0.3 is 0 Å². The lowest BCUT2D eigenvalue weighted by atomic mass is 9.99. The van der Waals surface area contributed by atoms with Crippen LogP contribution in [-0.2, 0) is 9.53 Å². The van der Waals surface area contributed by atoms with E-state index in [-0.39, 0.29) is 17.4 Å². The number of Topliss-reactive ketones (excluding diaryl/α,β-unsaturated/α-hetero) is 1. The van der Waals surface area contributed by atoms with Crippen molar-refractivity contribution in [2.24, 2.45) is 0 Å². The normalized spacial score (nSPS) is 25.5. The molecule has 0 aliphatic carbocycles. The second-order valence-corrected chi connectivity index (χ2v) is 4.35. The smallest absolute Gasteiger partial charge is 0.146 e. The summed E-state index contributed by atoms with van der Waals surface area (Å²) in [5.41, 5.74) is -0.0106. The Labute approximate surface area is 80.1 Å². The van der Waals surface area contributed by atoms with Crippen LogP contribution in [0.4, 0.5) is 0 Å². The van der Waals surface area contributed by atoms with Gasteiger partial charge in [-0.15, -0.1) is 0 Å². The molecule has 3 nitrogen and oxygen atoms in total. The second kappa shape index (κ2) is 3.76. The molecule has 13 heavy (non-hydrogen) atoms. The number of nitrogens with zero attached hydrogens (tertiary/aromatic N) is 1. The molecule has 1 fully saturated rings. The van der Waals surface area contributed by atoms with E-state index in [0.29, 0.717) is 6.61 Å². The van der Waals surface area contributed by atoms with E-state index in [1.807, 2.05) is 6.92 Å². The number of hydrogen-bond donors (Lipinski definition) is 0. The minimum absolute atomic E-state index is 0.0106. The lowest BCUT2D eigenvalue weighted by Gasteiger charge is -2.44. The molecule has 76 valence electrons. The highest BCUT2D eigenvalue weighted by molar-refractivity contribution is 5.81. The first-order chi connectivity index (χ1) is 5.95. The average Bonchev–Trinajstić information content (AvgIpc) is 2.02. The van der Waals surface area contributed by atoms with Gasteiger partial charge in [0.2, 0.25) is 0 Å². The van der Waals surface area contributed by atoms with Crippen LogP contribution in [0.3, 0.4) is 0 Å². The lowest BCUT2D eigenvalue weighted by Crippen LogP contribution is -2.58. The quantitative estimate of drug-likeness (QED) is 0.644. The number of ketones is 1. The Balaban J connectivity index is 2.70. The van der Waals surface area contributed by atoms with Gasteiger partial charge in [-0.05, 0) is 27.7 Å². The maximum atomic E-state index is 11.2. The molecule has 0 N–H and O–H groups in total. The number of carbonyl (C=O) groups excluding carboxylic acids is 1. The van der Waals surface area contributed by atoms with Crippen LogP contribution in [0.25, 0.3) is 0 Å². The van der Waals surface area contributed by atoms with Crippen LogP contribution < -0.4 is 0 Å². The molecule has 0 radical (unpaired) electrons. The first-order valence-electron chi connectivity index (χ1n) is 4.80. The predicted molar refractivity (Wildman–Crippen MR) is 51.7 cm³/mol. The summed E-state index contributed by atoms with van der Waals surface area (Å²) in [7, 11) is 0. The van der Waals surface area contributed by atoms with E-state index >= 15 is 0 Å². The summed E-state index contributed by atoms with van der Waals surface area (Å²) in [6, 6.07) is 0.0129. The van der Waals surface area contributed by atoms with Crippen LogP contribution >= 0.6 is 0 Å². The largest absolute Gasteiger partial charge is 0.378 e. The van der Waals surface area contributed by atoms with Gasteiger partial charge < -0.3 is 4.74 Å². The zero-order chi connectivity index (χ0) is 10.1. The first-order valence-corrected chi connectivity index (χ1v) is 4.80. The summed E-state index contributed by atoms with van der Waals surface area (Å²) in [5.74, 6) is 0.231. The summed E-state index contributed by atoms with van der Waals surface area (Å²) in [4.78, 5) is 13.5. The average molecular weight is 185 g/mol. The van der Waals surface area contributed by atoms with Crippen molar-refractivity contribution in [2.75, 3.05) is 19.8 Å². The fourth-order valence-electron chi connectivity index (χ4n) is 1.81. The Hall–Kier alpha value is -0.410. The first kappa shape index (κ1) is 10.7. The Kier molecular flexibility index (Phi) is 3.09. The van der Waals surface area contributed by atoms with Crippen LogP contribution in [0, 0.1) is 0 Å². The Morgan fingerprint density at radius 1 is 1.54 bits per heavy atom. The Bertz CT molecular complexity index is 201. The van der Waals surface area contributed by atoms with Crippen LogP contribution in [0.1, 0.15) is 27.7 Å². The van der Waals surface area contributed by atoms with Gasteiger partial charge in [0, 0.05) is 12.1 Å². The van der Waals surface area contributed by atoms with Gasteiger partial charge in [0.25, 0.3) is 0 Å². The summed E-state index contributed by atoms with van der Waals surface area (Å²) >= 11 is 0. The third kappa shape index (κ3) is 2.29. The lowest BCUT2D eigenvalue weighted by molar-refractivity contribution is -0.129. The van der Waals surface area contributed by atoms with Crippen molar-refractivity contribution in [3.8, 4) is 0 Å². The predicted octanol–water partition coefficient (Wildman–Crippen LogP) is 1.07. The molecule has 1 saturated heterocycles. The molecule has 1 rings (SSSR count). The second-order valence-electron chi connectivity index (χ2n) is 4.35. The number of ether oxygens (including phenoxy) is 1. The van der Waals surface area contributed by atoms with Crippen molar-refractivity contribution >= 4 is 5.78 Å². The third-order valence-corrected chi connectivity index (χ3v) is 2.77. The molecule has 1 unspecified atom stereocenters. The van der Waals surface area contributed by atoms with Crippen molar-refractivity contribution in [1.82, 2.24) is 4.90 Å². The maximum Gasteiger partial charge on any atom is 0.146 e. The van der Waals surface area contributed by atoms with Crippen molar-refractivity contribution in [3.63, 3.8) is 0 Å². The highest BCUT2D eigenvalue weighted by Gasteiger charge is 2.35. The number of rotatable bonds is 2. The number of hydrogen-bond acceptors (Lipinski definition) is 3. The summed E-state index contributed by atoms with van der Waals surface area (Å²) in [6.07, 6.45) is 0. The van der Waals surface area contributed by atoms with E-state index < -0.39 is 0 Å². The van der Waals surface area contributed by atoms with E-state index in [1.54, 1.807) is 6.92 Å². The van der Waals surface area contributed by atoms with E-state index in [2.05, 4.69) is 18.7 Å². The van der Waals surface area contributed by atoms with Crippen LogP contribution in [0.5, 0.6) is 0 Å². The van der Waals surface area contributed by atoms with E-state index in [0.717, 1.165) is 13.2 Å². The van der Waals surface area contributed by atoms with Gasteiger partial charge in [-0.2, -0.15) is 0 Å². The Morgan fingerprint density at radius 2 is 2.15 bits per heavy atom. The molecule has 0 amide bonds. The topological polar surface area (TPSA) is 29.5 Å². The van der Waals surface area contributed by atoms with E-state index in [9.17, 15) is 4.79 Å². The highest BCUT2D eigenvalue weighted by Crippen LogP contribution is 2.21. The molecule has 3 heteroatoms. The van der Waals surface area contributed by atoms with Crippen molar-refractivity contribution in [2.45, 2.75) is 39.3 Å². The molecule has 1 aliphatic rings. The SMILES string of the molecule is CC(=O)C(C)N1CCOCC1(C)C. The zero-order valence-electron chi connectivity index (χ0n) is 8.96. The zero-order valence-corrected chi connectivity index (χ0v) is 8.96. The molecule has 0 bridgehead atoms. The maximum absolute atomic E-state index is 11.2. The van der Waals surface area contributed by atoms with E-state index in [4.69, 9.17) is 4.74 Å². The van der Waals surface area contributed by atoms with Gasteiger partial charge in [0.05, 0.1) is 19.3 Å². The van der Waals surface area contributed by atoms with Crippen molar-refractivity contribution in [3.05, 3.63) is 0 Å². The molecular formula is C10H19NO2. The monoisotopic (exact) mass is 185 g/mol. The molecule has 1 heterocycles. The standard InChI is InChI=1S/C10H19NO2/c1-8(9(2)12)11-5-6-13-7-10(11,3)4/h8H,5-7H2,1-4H3. The van der Waals surface area contributed by atoms with Crippen molar-refractivity contribution in [1.29, 1.82) is 0 Å². The molecule has 0 aromatic carbocycles. The van der Waals surface area contributed by atoms with Crippen LogP contribution in [0.15, 0.2) is 0 Å². The number of carbonyl (C=O) groups is 1. The highest BCUT2D eigenvalue weighted by atomic mass is 16.5.